The smallest absolute Gasteiger partial charge is 0.259 e. The minimum atomic E-state index is -0.183. The Hall–Kier alpha value is -2.23. The molecule has 1 heterocycles. The average Bonchev–Trinajstić information content (AvgIpc) is 2.69. The number of furan rings is 1. The number of carbonyl (C=O) groups is 1. The van der Waals surface area contributed by atoms with Crippen LogP contribution >= 0.6 is 0 Å². The predicted molar refractivity (Wildman–Crippen MR) is 69.1 cm³/mol. The van der Waals surface area contributed by atoms with E-state index in [1.807, 2.05) is 25.1 Å². The van der Waals surface area contributed by atoms with Crippen LogP contribution in [0.4, 0.5) is 5.69 Å². The fourth-order valence-corrected chi connectivity index (χ4v) is 1.76. The number of carbonyl (C=O) groups excluding carboxylic acids is 1. The topological polar surface area (TPSA) is 51.5 Å². The van der Waals surface area contributed by atoms with Crippen molar-refractivity contribution >= 4 is 11.6 Å². The summed E-state index contributed by atoms with van der Waals surface area (Å²) < 4.78 is 10.4. The van der Waals surface area contributed by atoms with E-state index in [2.05, 4.69) is 5.32 Å². The lowest BCUT2D eigenvalue weighted by molar-refractivity contribution is 0.102. The third-order valence-electron chi connectivity index (χ3n) is 2.61. The first-order valence-electron chi connectivity index (χ1n) is 5.62. The van der Waals surface area contributed by atoms with Crippen LogP contribution in [0.2, 0.25) is 0 Å². The van der Waals surface area contributed by atoms with Gasteiger partial charge in [-0.25, -0.2) is 0 Å². The van der Waals surface area contributed by atoms with Crippen LogP contribution in [0.1, 0.15) is 21.9 Å². The van der Waals surface area contributed by atoms with Crippen molar-refractivity contribution in [3.8, 4) is 5.75 Å². The first kappa shape index (κ1) is 12.2. The largest absolute Gasteiger partial charge is 0.497 e. The molecule has 0 radical (unpaired) electrons. The number of amides is 1. The molecule has 0 aliphatic rings. The van der Waals surface area contributed by atoms with Crippen molar-refractivity contribution in [1.82, 2.24) is 0 Å². The molecule has 0 spiro atoms. The van der Waals surface area contributed by atoms with E-state index in [1.165, 1.54) is 0 Å². The van der Waals surface area contributed by atoms with E-state index in [0.717, 1.165) is 5.76 Å². The zero-order chi connectivity index (χ0) is 13.1. The van der Waals surface area contributed by atoms with Crippen LogP contribution < -0.4 is 10.1 Å². The molecule has 94 valence electrons. The van der Waals surface area contributed by atoms with Gasteiger partial charge in [0.1, 0.15) is 17.3 Å². The van der Waals surface area contributed by atoms with Gasteiger partial charge in [-0.3, -0.25) is 4.79 Å². The Labute approximate surface area is 106 Å². The summed E-state index contributed by atoms with van der Waals surface area (Å²) in [5.41, 5.74) is 1.24. The van der Waals surface area contributed by atoms with Gasteiger partial charge in [-0.1, -0.05) is 6.07 Å². The Kier molecular flexibility index (Phi) is 3.37. The van der Waals surface area contributed by atoms with E-state index in [0.29, 0.717) is 22.8 Å². The third kappa shape index (κ3) is 2.53. The summed E-state index contributed by atoms with van der Waals surface area (Å²) in [4.78, 5) is 12.0. The fraction of sp³-hybridized carbons (Fsp3) is 0.214. The number of rotatable bonds is 3. The van der Waals surface area contributed by atoms with Gasteiger partial charge in [0.25, 0.3) is 5.91 Å². The van der Waals surface area contributed by atoms with E-state index in [1.54, 1.807) is 26.2 Å². The summed E-state index contributed by atoms with van der Waals surface area (Å²) in [7, 11) is 1.59. The van der Waals surface area contributed by atoms with Gasteiger partial charge in [-0.05, 0) is 32.0 Å². The Morgan fingerprint density at radius 3 is 2.67 bits per heavy atom. The molecule has 0 aliphatic heterocycles. The first-order valence-corrected chi connectivity index (χ1v) is 5.62. The molecular formula is C14H15NO3. The van der Waals surface area contributed by atoms with E-state index in [-0.39, 0.29) is 5.91 Å². The van der Waals surface area contributed by atoms with Gasteiger partial charge in [-0.2, -0.15) is 0 Å². The SMILES string of the molecule is COc1cccc(NC(=O)c2cc(C)oc2C)c1. The molecule has 4 nitrogen and oxygen atoms in total. The molecule has 0 saturated heterocycles. The van der Waals surface area contributed by atoms with Gasteiger partial charge < -0.3 is 14.5 Å². The minimum absolute atomic E-state index is 0.183. The molecular weight excluding hydrogens is 230 g/mol. The van der Waals surface area contributed by atoms with Crippen LogP contribution in [0.5, 0.6) is 5.75 Å². The standard InChI is InChI=1S/C14H15NO3/c1-9-7-13(10(2)18-9)14(16)15-11-5-4-6-12(8-11)17-3/h4-8H,1-3H3,(H,15,16). The minimum Gasteiger partial charge on any atom is -0.497 e. The highest BCUT2D eigenvalue weighted by Gasteiger charge is 2.13. The summed E-state index contributed by atoms with van der Waals surface area (Å²) in [6.45, 7) is 3.59. The van der Waals surface area contributed by atoms with Crippen LogP contribution in [0.3, 0.4) is 0 Å². The van der Waals surface area contributed by atoms with Gasteiger partial charge in [0.05, 0.1) is 12.7 Å². The zero-order valence-electron chi connectivity index (χ0n) is 10.6. The fourth-order valence-electron chi connectivity index (χ4n) is 1.76. The second-order valence-electron chi connectivity index (χ2n) is 4.01. The Balaban J connectivity index is 2.18. The van der Waals surface area contributed by atoms with Crippen molar-refractivity contribution < 1.29 is 13.9 Å². The molecule has 1 N–H and O–H groups in total. The van der Waals surface area contributed by atoms with Crippen molar-refractivity contribution in [1.29, 1.82) is 0 Å². The highest BCUT2D eigenvalue weighted by atomic mass is 16.5. The molecule has 0 unspecified atom stereocenters. The number of nitrogens with one attached hydrogen (secondary N) is 1. The van der Waals surface area contributed by atoms with Gasteiger partial charge in [0, 0.05) is 11.8 Å². The van der Waals surface area contributed by atoms with Crippen LogP contribution in [-0.4, -0.2) is 13.0 Å². The lowest BCUT2D eigenvalue weighted by Gasteiger charge is -2.06. The molecule has 4 heteroatoms. The van der Waals surface area contributed by atoms with Crippen molar-refractivity contribution in [2.24, 2.45) is 0 Å². The van der Waals surface area contributed by atoms with Crippen molar-refractivity contribution in [3.63, 3.8) is 0 Å². The number of anilines is 1. The molecule has 1 aromatic carbocycles. The van der Waals surface area contributed by atoms with E-state index >= 15 is 0 Å². The van der Waals surface area contributed by atoms with Crippen molar-refractivity contribution in [2.75, 3.05) is 12.4 Å². The summed E-state index contributed by atoms with van der Waals surface area (Å²) in [5, 5.41) is 2.81. The lowest BCUT2D eigenvalue weighted by atomic mass is 10.2. The van der Waals surface area contributed by atoms with Gasteiger partial charge in [-0.15, -0.1) is 0 Å². The van der Waals surface area contributed by atoms with Gasteiger partial charge >= 0.3 is 0 Å². The second-order valence-corrected chi connectivity index (χ2v) is 4.01. The Morgan fingerprint density at radius 1 is 1.28 bits per heavy atom. The highest BCUT2D eigenvalue weighted by molar-refractivity contribution is 6.05. The van der Waals surface area contributed by atoms with E-state index < -0.39 is 0 Å². The quantitative estimate of drug-likeness (QED) is 0.903. The number of aryl methyl sites for hydroxylation is 2. The maximum absolute atomic E-state index is 12.0. The van der Waals surface area contributed by atoms with Crippen molar-refractivity contribution in [3.05, 3.63) is 47.4 Å². The molecule has 2 rings (SSSR count). The predicted octanol–water partition coefficient (Wildman–Crippen LogP) is 3.16. The molecule has 0 aliphatic carbocycles. The Morgan fingerprint density at radius 2 is 2.06 bits per heavy atom. The summed E-state index contributed by atoms with van der Waals surface area (Å²) >= 11 is 0. The van der Waals surface area contributed by atoms with Crippen molar-refractivity contribution in [2.45, 2.75) is 13.8 Å². The lowest BCUT2D eigenvalue weighted by Crippen LogP contribution is -2.12. The molecule has 1 aromatic heterocycles. The van der Waals surface area contributed by atoms with Gasteiger partial charge in [0.2, 0.25) is 0 Å². The summed E-state index contributed by atoms with van der Waals surface area (Å²) in [6, 6.07) is 8.94. The average molecular weight is 245 g/mol. The number of hydrogen-bond donors (Lipinski definition) is 1. The number of ether oxygens (including phenoxy) is 1. The van der Waals surface area contributed by atoms with E-state index in [9.17, 15) is 4.79 Å². The van der Waals surface area contributed by atoms with Crippen LogP contribution in [0.15, 0.2) is 34.7 Å². The molecule has 0 atom stereocenters. The highest BCUT2D eigenvalue weighted by Crippen LogP contribution is 2.19. The second kappa shape index (κ2) is 4.96. The molecule has 0 fully saturated rings. The summed E-state index contributed by atoms with van der Waals surface area (Å²) in [6.07, 6.45) is 0. The van der Waals surface area contributed by atoms with Crippen LogP contribution in [-0.2, 0) is 0 Å². The molecule has 2 aromatic rings. The molecule has 18 heavy (non-hydrogen) atoms. The first-order chi connectivity index (χ1) is 8.60. The zero-order valence-corrected chi connectivity index (χ0v) is 10.6. The number of hydrogen-bond acceptors (Lipinski definition) is 3. The maximum atomic E-state index is 12.0. The monoisotopic (exact) mass is 245 g/mol. The third-order valence-corrected chi connectivity index (χ3v) is 2.61. The van der Waals surface area contributed by atoms with Crippen LogP contribution in [0, 0.1) is 13.8 Å². The number of benzene rings is 1. The maximum Gasteiger partial charge on any atom is 0.259 e. The number of methoxy groups -OCH3 is 1. The van der Waals surface area contributed by atoms with E-state index in [4.69, 9.17) is 9.15 Å². The summed E-state index contributed by atoms with van der Waals surface area (Å²) in [5.74, 6) is 1.86. The van der Waals surface area contributed by atoms with Gasteiger partial charge in [0.15, 0.2) is 0 Å². The molecule has 0 bridgehead atoms. The Bertz CT molecular complexity index is 572. The van der Waals surface area contributed by atoms with Crippen LogP contribution in [0.25, 0.3) is 0 Å². The normalized spacial score (nSPS) is 10.2. The molecule has 0 saturated carbocycles. The molecule has 1 amide bonds.